The number of hydrogen-bond donors (Lipinski definition) is 3. The molecule has 1 rings (SSSR count). The first-order valence-electron chi connectivity index (χ1n) is 4.60. The molecule has 0 aromatic heterocycles. The van der Waals surface area contributed by atoms with Crippen molar-refractivity contribution in [1.29, 1.82) is 5.41 Å². The van der Waals surface area contributed by atoms with E-state index in [1.165, 1.54) is 0 Å². The topological polar surface area (TPSA) is 71.1 Å². The van der Waals surface area contributed by atoms with Crippen LogP contribution >= 0.6 is 0 Å². The highest BCUT2D eigenvalue weighted by Crippen LogP contribution is 2.12. The summed E-state index contributed by atoms with van der Waals surface area (Å²) in [6.07, 6.45) is 0.677. The predicted octanol–water partition coefficient (Wildman–Crippen LogP) is 0.543. The summed E-state index contributed by atoms with van der Waals surface area (Å²) in [6.45, 7) is 2.44. The van der Waals surface area contributed by atoms with Gasteiger partial charge in [-0.1, -0.05) is 0 Å². The smallest absolute Gasteiger partial charge is 0.143 e. The van der Waals surface area contributed by atoms with Crippen molar-refractivity contribution >= 4 is 6.21 Å². The Morgan fingerprint density at radius 1 is 1.71 bits per heavy atom. The van der Waals surface area contributed by atoms with Crippen LogP contribution in [-0.2, 0) is 4.74 Å². The summed E-state index contributed by atoms with van der Waals surface area (Å²) in [5.41, 5.74) is 6.48. The Bertz CT molecular complexity index is 242. The van der Waals surface area contributed by atoms with E-state index >= 15 is 0 Å². The van der Waals surface area contributed by atoms with E-state index in [0.29, 0.717) is 24.4 Å². The molecule has 0 aliphatic carbocycles. The fourth-order valence-electron chi connectivity index (χ4n) is 1.34. The van der Waals surface area contributed by atoms with E-state index in [9.17, 15) is 4.39 Å². The molecule has 1 aliphatic heterocycles. The molecule has 0 amide bonds. The lowest BCUT2D eigenvalue weighted by Crippen LogP contribution is -2.44. The second-order valence-electron chi connectivity index (χ2n) is 3.36. The molecule has 0 aromatic carbocycles. The highest BCUT2D eigenvalue weighted by atomic mass is 19.1. The van der Waals surface area contributed by atoms with Crippen LogP contribution in [0.2, 0.25) is 0 Å². The Hall–Kier alpha value is -1.10. The quantitative estimate of drug-likeness (QED) is 0.584. The molecule has 2 atom stereocenters. The number of nitrogens with two attached hydrogens (primary N) is 1. The lowest BCUT2D eigenvalue weighted by atomic mass is 10.1. The number of halogens is 1. The first-order chi connectivity index (χ1) is 6.65. The molecule has 4 N–H and O–H groups in total. The molecule has 0 aromatic rings. The molecule has 0 radical (unpaired) electrons. The maximum atomic E-state index is 13.3. The summed E-state index contributed by atoms with van der Waals surface area (Å²) >= 11 is 0. The van der Waals surface area contributed by atoms with E-state index in [4.69, 9.17) is 15.9 Å². The van der Waals surface area contributed by atoms with Crippen molar-refractivity contribution in [2.24, 2.45) is 5.73 Å². The molecule has 4 nitrogen and oxygen atoms in total. The van der Waals surface area contributed by atoms with E-state index in [1.807, 2.05) is 0 Å². The molecule has 2 unspecified atom stereocenters. The zero-order valence-electron chi connectivity index (χ0n) is 8.22. The number of rotatable bonds is 3. The lowest BCUT2D eigenvalue weighted by Gasteiger charge is -2.28. The monoisotopic (exact) mass is 201 g/mol. The largest absolute Gasteiger partial charge is 0.396 e. The van der Waals surface area contributed by atoms with Crippen LogP contribution in [-0.4, -0.2) is 31.6 Å². The summed E-state index contributed by atoms with van der Waals surface area (Å²) in [5, 5.41) is 9.91. The zero-order chi connectivity index (χ0) is 10.6. The van der Waals surface area contributed by atoms with Gasteiger partial charge in [0.15, 0.2) is 0 Å². The van der Waals surface area contributed by atoms with Crippen LogP contribution in [0.4, 0.5) is 4.39 Å². The van der Waals surface area contributed by atoms with E-state index < -0.39 is 6.17 Å². The van der Waals surface area contributed by atoms with Gasteiger partial charge in [0, 0.05) is 18.5 Å². The molecule has 1 fully saturated rings. The van der Waals surface area contributed by atoms with Gasteiger partial charge in [0.1, 0.15) is 6.17 Å². The highest BCUT2D eigenvalue weighted by Gasteiger charge is 2.25. The fourth-order valence-corrected chi connectivity index (χ4v) is 1.34. The van der Waals surface area contributed by atoms with Crippen molar-refractivity contribution in [2.75, 3.05) is 13.2 Å². The average molecular weight is 201 g/mol. The molecule has 0 spiro atoms. The lowest BCUT2D eigenvalue weighted by molar-refractivity contribution is 0.0165. The Morgan fingerprint density at radius 3 is 3.00 bits per heavy atom. The molecule has 0 saturated carbocycles. The van der Waals surface area contributed by atoms with Gasteiger partial charge in [0.25, 0.3) is 0 Å². The number of hydrogen-bond acceptors (Lipinski definition) is 4. The van der Waals surface area contributed by atoms with Crippen molar-refractivity contribution in [3.05, 3.63) is 11.4 Å². The SMILES string of the molecule is C/C(NC1CCOCC1F)=C(\N)C=N. The van der Waals surface area contributed by atoms with Crippen LogP contribution in [0.5, 0.6) is 0 Å². The van der Waals surface area contributed by atoms with Crippen molar-refractivity contribution < 1.29 is 9.13 Å². The molecule has 80 valence electrons. The molecule has 5 heteroatoms. The average Bonchev–Trinajstić information content (AvgIpc) is 2.20. The van der Waals surface area contributed by atoms with Gasteiger partial charge in [-0.25, -0.2) is 4.39 Å². The van der Waals surface area contributed by atoms with E-state index in [2.05, 4.69) is 5.32 Å². The van der Waals surface area contributed by atoms with Gasteiger partial charge in [-0.15, -0.1) is 0 Å². The van der Waals surface area contributed by atoms with Gasteiger partial charge in [0.05, 0.1) is 18.3 Å². The molecule has 1 aliphatic rings. The fraction of sp³-hybridized carbons (Fsp3) is 0.667. The number of ether oxygens (including phenoxy) is 1. The predicted molar refractivity (Wildman–Crippen MR) is 52.9 cm³/mol. The molecular formula is C9H16FN3O. The van der Waals surface area contributed by atoms with Crippen LogP contribution in [0.15, 0.2) is 11.4 Å². The minimum Gasteiger partial charge on any atom is -0.396 e. The normalized spacial score (nSPS) is 29.3. The van der Waals surface area contributed by atoms with Gasteiger partial charge in [-0.05, 0) is 13.3 Å². The van der Waals surface area contributed by atoms with Crippen molar-refractivity contribution in [1.82, 2.24) is 5.32 Å². The summed E-state index contributed by atoms with van der Waals surface area (Å²) in [5.74, 6) is 0. The van der Waals surface area contributed by atoms with Crippen molar-refractivity contribution in [2.45, 2.75) is 25.6 Å². The van der Waals surface area contributed by atoms with Crippen molar-refractivity contribution in [3.63, 3.8) is 0 Å². The first kappa shape index (κ1) is 11.0. The van der Waals surface area contributed by atoms with E-state index in [0.717, 1.165) is 6.21 Å². The molecular weight excluding hydrogens is 185 g/mol. The number of alkyl halides is 1. The minimum atomic E-state index is -1.00. The first-order valence-corrected chi connectivity index (χ1v) is 4.60. The third-order valence-corrected chi connectivity index (χ3v) is 2.28. The van der Waals surface area contributed by atoms with Gasteiger partial charge in [-0.2, -0.15) is 0 Å². The highest BCUT2D eigenvalue weighted by molar-refractivity contribution is 5.75. The molecule has 1 saturated heterocycles. The van der Waals surface area contributed by atoms with Gasteiger partial charge in [0.2, 0.25) is 0 Å². The Morgan fingerprint density at radius 2 is 2.43 bits per heavy atom. The van der Waals surface area contributed by atoms with Crippen LogP contribution in [0.25, 0.3) is 0 Å². The Balaban J connectivity index is 2.54. The number of allylic oxidation sites excluding steroid dienone is 2. The van der Waals surface area contributed by atoms with Crippen molar-refractivity contribution in [3.8, 4) is 0 Å². The molecule has 0 bridgehead atoms. The third kappa shape index (κ3) is 2.70. The maximum Gasteiger partial charge on any atom is 0.143 e. The van der Waals surface area contributed by atoms with E-state index in [-0.39, 0.29) is 12.6 Å². The van der Waals surface area contributed by atoms with Crippen LogP contribution in [0.3, 0.4) is 0 Å². The Kier molecular flexibility index (Phi) is 3.88. The van der Waals surface area contributed by atoms with Crippen LogP contribution in [0.1, 0.15) is 13.3 Å². The zero-order valence-corrected chi connectivity index (χ0v) is 8.22. The summed E-state index contributed by atoms with van der Waals surface area (Å²) in [4.78, 5) is 0. The van der Waals surface area contributed by atoms with Gasteiger partial charge >= 0.3 is 0 Å². The molecule has 1 heterocycles. The van der Waals surface area contributed by atoms with E-state index in [1.54, 1.807) is 6.92 Å². The second kappa shape index (κ2) is 4.95. The molecule has 14 heavy (non-hydrogen) atoms. The van der Waals surface area contributed by atoms with Gasteiger partial charge < -0.3 is 21.2 Å². The van der Waals surface area contributed by atoms with Crippen LogP contribution in [0, 0.1) is 5.41 Å². The van der Waals surface area contributed by atoms with Gasteiger partial charge in [-0.3, -0.25) is 0 Å². The third-order valence-electron chi connectivity index (χ3n) is 2.28. The van der Waals surface area contributed by atoms with Crippen LogP contribution < -0.4 is 11.1 Å². The Labute approximate surface area is 82.8 Å². The second-order valence-corrected chi connectivity index (χ2v) is 3.36. The minimum absolute atomic E-state index is 0.134. The maximum absolute atomic E-state index is 13.3. The summed E-state index contributed by atoms with van der Waals surface area (Å²) in [7, 11) is 0. The summed E-state index contributed by atoms with van der Waals surface area (Å²) < 4.78 is 18.2. The number of nitrogens with one attached hydrogen (secondary N) is 2. The standard InChI is InChI=1S/C9H16FN3O/c1-6(8(12)4-11)13-9-2-3-14-5-7(9)10/h4,7,9,11,13H,2-3,5,12H2,1H3/b8-6+,11-4?. The summed E-state index contributed by atoms with van der Waals surface area (Å²) in [6, 6.07) is -0.248.